The van der Waals surface area contributed by atoms with Crippen LogP contribution in [0, 0.1) is 0 Å². The number of hydrogen-bond donors (Lipinski definition) is 0. The SMILES string of the molecule is Cn1ncc2c(Oc3ccc(B4OC(C)(C)C(C)(C)O4)cc3)cccc21. The van der Waals surface area contributed by atoms with Crippen molar-refractivity contribution in [2.24, 2.45) is 7.05 Å². The minimum atomic E-state index is -0.365. The summed E-state index contributed by atoms with van der Waals surface area (Å²) >= 11 is 0. The molecule has 0 radical (unpaired) electrons. The lowest BCUT2D eigenvalue weighted by atomic mass is 9.79. The lowest BCUT2D eigenvalue weighted by Crippen LogP contribution is -2.41. The van der Waals surface area contributed by atoms with Gasteiger partial charge in [0.2, 0.25) is 0 Å². The van der Waals surface area contributed by atoms with Crippen molar-refractivity contribution in [2.45, 2.75) is 38.9 Å². The van der Waals surface area contributed by atoms with Crippen LogP contribution in [-0.4, -0.2) is 28.1 Å². The van der Waals surface area contributed by atoms with Gasteiger partial charge in [-0.15, -0.1) is 0 Å². The van der Waals surface area contributed by atoms with Crippen molar-refractivity contribution in [3.63, 3.8) is 0 Å². The number of hydrogen-bond acceptors (Lipinski definition) is 4. The van der Waals surface area contributed by atoms with Gasteiger partial charge in [0.05, 0.1) is 28.3 Å². The molecule has 1 fully saturated rings. The summed E-state index contributed by atoms with van der Waals surface area (Å²) in [6.07, 6.45) is 1.82. The Labute approximate surface area is 154 Å². The Morgan fingerprint density at radius 1 is 0.962 bits per heavy atom. The molecule has 0 N–H and O–H groups in total. The molecule has 134 valence electrons. The van der Waals surface area contributed by atoms with Crippen molar-refractivity contribution in [1.82, 2.24) is 9.78 Å². The quantitative estimate of drug-likeness (QED) is 0.677. The Hall–Kier alpha value is -2.31. The molecule has 0 spiro atoms. The molecule has 0 unspecified atom stereocenters. The number of aromatic nitrogens is 2. The van der Waals surface area contributed by atoms with Crippen LogP contribution in [0.1, 0.15) is 27.7 Å². The van der Waals surface area contributed by atoms with E-state index in [1.54, 1.807) is 0 Å². The van der Waals surface area contributed by atoms with Crippen LogP contribution in [0.4, 0.5) is 0 Å². The standard InChI is InChI=1S/C20H23BN2O3/c1-19(2)20(3,4)26-21(25-19)14-9-11-15(12-10-14)24-18-8-6-7-17-16(18)13-22-23(17)5/h6-13H,1-5H3. The number of aryl methyl sites for hydroxylation is 1. The lowest BCUT2D eigenvalue weighted by Gasteiger charge is -2.32. The first-order chi connectivity index (χ1) is 12.3. The highest BCUT2D eigenvalue weighted by Gasteiger charge is 2.51. The molecule has 6 heteroatoms. The first kappa shape index (κ1) is 17.1. The number of nitrogens with zero attached hydrogens (tertiary/aromatic N) is 2. The second-order valence-electron chi connectivity index (χ2n) is 7.72. The van der Waals surface area contributed by atoms with Crippen molar-refractivity contribution in [1.29, 1.82) is 0 Å². The summed E-state index contributed by atoms with van der Waals surface area (Å²) in [4.78, 5) is 0. The molecule has 5 nitrogen and oxygen atoms in total. The molecular formula is C20H23BN2O3. The highest BCUT2D eigenvalue weighted by molar-refractivity contribution is 6.62. The van der Waals surface area contributed by atoms with Crippen LogP contribution in [0.2, 0.25) is 0 Å². The molecule has 1 aliphatic heterocycles. The molecule has 1 aliphatic rings. The molecule has 0 bridgehead atoms. The molecular weight excluding hydrogens is 327 g/mol. The highest BCUT2D eigenvalue weighted by atomic mass is 16.7. The van der Waals surface area contributed by atoms with E-state index in [9.17, 15) is 0 Å². The lowest BCUT2D eigenvalue weighted by molar-refractivity contribution is 0.00578. The molecule has 1 aromatic heterocycles. The molecule has 0 aliphatic carbocycles. The van der Waals surface area contributed by atoms with Crippen LogP contribution in [0.25, 0.3) is 10.9 Å². The van der Waals surface area contributed by atoms with Gasteiger partial charge in [0.25, 0.3) is 0 Å². The van der Waals surface area contributed by atoms with Gasteiger partial charge in [0.15, 0.2) is 0 Å². The van der Waals surface area contributed by atoms with Gasteiger partial charge >= 0.3 is 7.12 Å². The Bertz CT molecular complexity index is 931. The van der Waals surface area contributed by atoms with Gasteiger partial charge in [-0.25, -0.2) is 0 Å². The van der Waals surface area contributed by atoms with Gasteiger partial charge < -0.3 is 14.0 Å². The van der Waals surface area contributed by atoms with Gasteiger partial charge in [-0.05, 0) is 57.4 Å². The number of benzene rings is 2. The van der Waals surface area contributed by atoms with Crippen LogP contribution in [0.15, 0.2) is 48.7 Å². The second-order valence-corrected chi connectivity index (χ2v) is 7.72. The minimum Gasteiger partial charge on any atom is -0.457 e. The summed E-state index contributed by atoms with van der Waals surface area (Å²) in [7, 11) is 1.56. The number of ether oxygens (including phenoxy) is 1. The molecule has 0 atom stereocenters. The van der Waals surface area contributed by atoms with Crippen molar-refractivity contribution < 1.29 is 14.0 Å². The third kappa shape index (κ3) is 2.79. The van der Waals surface area contributed by atoms with E-state index in [4.69, 9.17) is 14.0 Å². The average Bonchev–Trinajstić information content (AvgIpc) is 3.06. The number of rotatable bonds is 3. The van der Waals surface area contributed by atoms with Gasteiger partial charge in [-0.1, -0.05) is 18.2 Å². The summed E-state index contributed by atoms with van der Waals surface area (Å²) in [5.74, 6) is 1.56. The zero-order valence-electron chi connectivity index (χ0n) is 15.8. The van der Waals surface area contributed by atoms with Crippen molar-refractivity contribution >= 4 is 23.5 Å². The van der Waals surface area contributed by atoms with E-state index in [-0.39, 0.29) is 18.3 Å². The molecule has 3 aromatic rings. The fourth-order valence-electron chi connectivity index (χ4n) is 3.04. The first-order valence-corrected chi connectivity index (χ1v) is 8.81. The Kier molecular flexibility index (Phi) is 3.86. The molecule has 4 rings (SSSR count). The van der Waals surface area contributed by atoms with Crippen LogP contribution in [-0.2, 0) is 16.4 Å². The van der Waals surface area contributed by atoms with E-state index in [2.05, 4.69) is 32.8 Å². The van der Waals surface area contributed by atoms with Crippen molar-refractivity contribution in [3.05, 3.63) is 48.7 Å². The van der Waals surface area contributed by atoms with Crippen LogP contribution in [0.5, 0.6) is 11.5 Å². The van der Waals surface area contributed by atoms with E-state index in [1.165, 1.54) is 0 Å². The summed E-state index contributed by atoms with van der Waals surface area (Å²) < 4.78 is 20.1. The van der Waals surface area contributed by atoms with Gasteiger partial charge in [0, 0.05) is 7.05 Å². The van der Waals surface area contributed by atoms with Crippen molar-refractivity contribution in [3.8, 4) is 11.5 Å². The third-order valence-corrected chi connectivity index (χ3v) is 5.39. The zero-order chi connectivity index (χ0) is 18.5. The smallest absolute Gasteiger partial charge is 0.457 e. The van der Waals surface area contributed by atoms with E-state index < -0.39 is 0 Å². The first-order valence-electron chi connectivity index (χ1n) is 8.81. The Morgan fingerprint density at radius 2 is 1.62 bits per heavy atom. The third-order valence-electron chi connectivity index (χ3n) is 5.39. The molecule has 2 aromatic carbocycles. The maximum absolute atomic E-state index is 6.09. The molecule has 2 heterocycles. The van der Waals surface area contributed by atoms with E-state index in [0.29, 0.717) is 0 Å². The maximum atomic E-state index is 6.09. The van der Waals surface area contributed by atoms with Crippen molar-refractivity contribution in [2.75, 3.05) is 0 Å². The number of fused-ring (bicyclic) bond motifs is 1. The van der Waals surface area contributed by atoms with E-state index in [1.807, 2.05) is 60.4 Å². The monoisotopic (exact) mass is 350 g/mol. The van der Waals surface area contributed by atoms with E-state index >= 15 is 0 Å². The predicted molar refractivity (Wildman–Crippen MR) is 103 cm³/mol. The minimum absolute atomic E-state index is 0.344. The van der Waals surface area contributed by atoms with Gasteiger partial charge in [0.1, 0.15) is 11.5 Å². The second kappa shape index (κ2) is 5.86. The molecule has 0 amide bonds. The summed E-state index contributed by atoms with van der Waals surface area (Å²) in [6, 6.07) is 13.8. The van der Waals surface area contributed by atoms with Gasteiger partial charge in [-0.2, -0.15) is 5.10 Å². The Morgan fingerprint density at radius 3 is 2.27 bits per heavy atom. The predicted octanol–water partition coefficient (Wildman–Crippen LogP) is 3.66. The van der Waals surface area contributed by atoms with Crippen LogP contribution in [0.3, 0.4) is 0 Å². The summed E-state index contributed by atoms with van der Waals surface area (Å²) in [5.41, 5.74) is 1.33. The van der Waals surface area contributed by atoms with Crippen LogP contribution < -0.4 is 10.2 Å². The molecule has 26 heavy (non-hydrogen) atoms. The van der Waals surface area contributed by atoms with Gasteiger partial charge in [-0.3, -0.25) is 4.68 Å². The molecule has 1 saturated heterocycles. The van der Waals surface area contributed by atoms with E-state index in [0.717, 1.165) is 27.9 Å². The molecule has 0 saturated carbocycles. The fourth-order valence-corrected chi connectivity index (χ4v) is 3.04. The normalized spacial score (nSPS) is 18.4. The largest absolute Gasteiger partial charge is 0.494 e. The maximum Gasteiger partial charge on any atom is 0.494 e. The summed E-state index contributed by atoms with van der Waals surface area (Å²) in [6.45, 7) is 8.22. The summed E-state index contributed by atoms with van der Waals surface area (Å²) in [5, 5.41) is 5.29. The topological polar surface area (TPSA) is 45.5 Å². The Balaban J connectivity index is 1.55. The average molecular weight is 350 g/mol. The highest BCUT2D eigenvalue weighted by Crippen LogP contribution is 2.36. The van der Waals surface area contributed by atoms with Crippen LogP contribution >= 0.6 is 0 Å². The zero-order valence-corrected chi connectivity index (χ0v) is 15.8. The fraction of sp³-hybridized carbons (Fsp3) is 0.350.